The van der Waals surface area contributed by atoms with Gasteiger partial charge in [0.05, 0.1) is 24.8 Å². The highest BCUT2D eigenvalue weighted by atomic mass is 32.1. The maximum atomic E-state index is 12.0. The van der Waals surface area contributed by atoms with Crippen molar-refractivity contribution in [3.05, 3.63) is 29.6 Å². The summed E-state index contributed by atoms with van der Waals surface area (Å²) in [5.74, 6) is 0.777. The molecule has 1 aromatic carbocycles. The van der Waals surface area contributed by atoms with Gasteiger partial charge in [-0.3, -0.25) is 4.79 Å². The topological polar surface area (TPSA) is 60.5 Å². The minimum Gasteiger partial charge on any atom is -0.494 e. The Balaban J connectivity index is 1.66. The molecule has 2 aromatic rings. The molecule has 3 rings (SSSR count). The molecule has 22 heavy (non-hydrogen) atoms. The standard InChI is InChI=1S/C16H18N2O3S/c1-2-21-13-5-3-11(4-6-13)14-10-22-16(17-14)18-15(19)12-7-8-20-9-12/h3-6,10,12H,2,7-9H2,1H3,(H,17,18,19)/t12-/m1/s1. The van der Waals surface area contributed by atoms with Gasteiger partial charge in [0.1, 0.15) is 5.75 Å². The molecule has 0 saturated carbocycles. The average Bonchev–Trinajstić information content (AvgIpc) is 3.19. The zero-order valence-electron chi connectivity index (χ0n) is 12.4. The molecule has 116 valence electrons. The van der Waals surface area contributed by atoms with Gasteiger partial charge in [-0.15, -0.1) is 11.3 Å². The maximum absolute atomic E-state index is 12.0. The number of nitrogens with zero attached hydrogens (tertiary/aromatic N) is 1. The second kappa shape index (κ2) is 6.89. The molecule has 0 spiro atoms. The molecular weight excluding hydrogens is 300 g/mol. The Kier molecular flexibility index (Phi) is 4.70. The molecule has 1 aromatic heterocycles. The van der Waals surface area contributed by atoms with Crippen molar-refractivity contribution >= 4 is 22.4 Å². The van der Waals surface area contributed by atoms with Gasteiger partial charge in [-0.25, -0.2) is 4.98 Å². The fraction of sp³-hybridized carbons (Fsp3) is 0.375. The lowest BCUT2D eigenvalue weighted by Crippen LogP contribution is -2.22. The Bertz CT molecular complexity index is 633. The molecule has 1 aliphatic heterocycles. The summed E-state index contributed by atoms with van der Waals surface area (Å²) < 4.78 is 10.7. The number of nitrogens with one attached hydrogen (secondary N) is 1. The van der Waals surface area contributed by atoms with Crippen LogP contribution in [0.3, 0.4) is 0 Å². The molecule has 1 saturated heterocycles. The van der Waals surface area contributed by atoms with Gasteiger partial charge in [0, 0.05) is 17.6 Å². The molecule has 1 atom stereocenters. The third-order valence-electron chi connectivity index (χ3n) is 3.50. The van der Waals surface area contributed by atoms with Crippen LogP contribution in [0.25, 0.3) is 11.3 Å². The van der Waals surface area contributed by atoms with Crippen molar-refractivity contribution in [2.45, 2.75) is 13.3 Å². The molecular formula is C16H18N2O3S. The fourth-order valence-corrected chi connectivity index (χ4v) is 3.02. The van der Waals surface area contributed by atoms with E-state index < -0.39 is 0 Å². The van der Waals surface area contributed by atoms with E-state index in [1.54, 1.807) is 0 Å². The third kappa shape index (κ3) is 3.45. The summed E-state index contributed by atoms with van der Waals surface area (Å²) in [5, 5.41) is 5.44. The Morgan fingerprint density at radius 3 is 2.95 bits per heavy atom. The largest absolute Gasteiger partial charge is 0.494 e. The number of thiazole rings is 1. The van der Waals surface area contributed by atoms with Crippen LogP contribution < -0.4 is 10.1 Å². The first-order valence-electron chi connectivity index (χ1n) is 7.33. The summed E-state index contributed by atoms with van der Waals surface area (Å²) in [6.45, 7) is 3.77. The zero-order valence-corrected chi connectivity index (χ0v) is 13.2. The number of carbonyl (C=O) groups excluding carboxylic acids is 1. The number of ether oxygens (including phenoxy) is 2. The number of rotatable bonds is 5. The molecule has 6 heteroatoms. The summed E-state index contributed by atoms with van der Waals surface area (Å²) in [6, 6.07) is 7.78. The van der Waals surface area contributed by atoms with E-state index >= 15 is 0 Å². The second-order valence-corrected chi connectivity index (χ2v) is 5.90. The number of hydrogen-bond acceptors (Lipinski definition) is 5. The quantitative estimate of drug-likeness (QED) is 0.920. The first kappa shape index (κ1) is 15.0. The van der Waals surface area contributed by atoms with Gasteiger partial charge in [0.15, 0.2) is 5.13 Å². The first-order chi connectivity index (χ1) is 10.8. The number of carbonyl (C=O) groups is 1. The highest BCUT2D eigenvalue weighted by molar-refractivity contribution is 7.14. The van der Waals surface area contributed by atoms with Crippen LogP contribution in [0.15, 0.2) is 29.6 Å². The van der Waals surface area contributed by atoms with Gasteiger partial charge in [-0.05, 0) is 37.6 Å². The van der Waals surface area contributed by atoms with E-state index in [2.05, 4.69) is 10.3 Å². The monoisotopic (exact) mass is 318 g/mol. The van der Waals surface area contributed by atoms with E-state index in [4.69, 9.17) is 9.47 Å². The normalized spacial score (nSPS) is 17.4. The molecule has 1 amide bonds. The van der Waals surface area contributed by atoms with Crippen LogP contribution in [0.1, 0.15) is 13.3 Å². The van der Waals surface area contributed by atoms with Crippen LogP contribution in [0.5, 0.6) is 5.75 Å². The Morgan fingerprint density at radius 1 is 1.45 bits per heavy atom. The van der Waals surface area contributed by atoms with E-state index in [1.165, 1.54) is 11.3 Å². The van der Waals surface area contributed by atoms with E-state index in [1.807, 2.05) is 36.6 Å². The maximum Gasteiger partial charge on any atom is 0.231 e. The van der Waals surface area contributed by atoms with Crippen LogP contribution in [-0.4, -0.2) is 30.7 Å². The number of amides is 1. The van der Waals surface area contributed by atoms with Gasteiger partial charge in [-0.1, -0.05) is 0 Å². The van der Waals surface area contributed by atoms with Gasteiger partial charge >= 0.3 is 0 Å². The third-order valence-corrected chi connectivity index (χ3v) is 4.25. The highest BCUT2D eigenvalue weighted by Crippen LogP contribution is 2.27. The summed E-state index contributed by atoms with van der Waals surface area (Å²) in [6.07, 6.45) is 0.781. The summed E-state index contributed by atoms with van der Waals surface area (Å²) >= 11 is 1.43. The average molecular weight is 318 g/mol. The SMILES string of the molecule is CCOc1ccc(-c2csc(NC(=O)[C@@H]3CCOC3)n2)cc1. The van der Waals surface area contributed by atoms with Crippen molar-refractivity contribution in [1.29, 1.82) is 0 Å². The van der Waals surface area contributed by atoms with E-state index in [9.17, 15) is 4.79 Å². The molecule has 5 nitrogen and oxygen atoms in total. The van der Waals surface area contributed by atoms with Crippen molar-refractivity contribution in [2.24, 2.45) is 5.92 Å². The number of benzene rings is 1. The Hall–Kier alpha value is -1.92. The Morgan fingerprint density at radius 2 is 2.27 bits per heavy atom. The summed E-state index contributed by atoms with van der Waals surface area (Å²) in [7, 11) is 0. The predicted octanol–water partition coefficient (Wildman–Crippen LogP) is 3.18. The predicted molar refractivity (Wildman–Crippen MR) is 86.3 cm³/mol. The van der Waals surface area contributed by atoms with Crippen molar-refractivity contribution in [3.63, 3.8) is 0 Å². The summed E-state index contributed by atoms with van der Waals surface area (Å²) in [5.41, 5.74) is 1.86. The van der Waals surface area contributed by atoms with Crippen LogP contribution in [-0.2, 0) is 9.53 Å². The first-order valence-corrected chi connectivity index (χ1v) is 8.21. The molecule has 1 aliphatic rings. The van der Waals surface area contributed by atoms with Gasteiger partial charge in [0.2, 0.25) is 5.91 Å². The lowest BCUT2D eigenvalue weighted by molar-refractivity contribution is -0.119. The molecule has 0 radical (unpaired) electrons. The van der Waals surface area contributed by atoms with Gasteiger partial charge in [-0.2, -0.15) is 0 Å². The van der Waals surface area contributed by atoms with Crippen molar-refractivity contribution < 1.29 is 14.3 Å². The number of aromatic nitrogens is 1. The number of anilines is 1. The minimum atomic E-state index is -0.0576. The van der Waals surface area contributed by atoms with Crippen molar-refractivity contribution in [2.75, 3.05) is 25.1 Å². The van der Waals surface area contributed by atoms with Crippen molar-refractivity contribution in [3.8, 4) is 17.0 Å². The molecule has 0 unspecified atom stereocenters. The van der Waals surface area contributed by atoms with E-state index in [0.717, 1.165) is 23.4 Å². The lowest BCUT2D eigenvalue weighted by atomic mass is 10.1. The summed E-state index contributed by atoms with van der Waals surface area (Å²) in [4.78, 5) is 16.5. The van der Waals surface area contributed by atoms with Gasteiger partial charge < -0.3 is 14.8 Å². The van der Waals surface area contributed by atoms with E-state index in [0.29, 0.717) is 25.0 Å². The minimum absolute atomic E-state index is 0.00917. The highest BCUT2D eigenvalue weighted by Gasteiger charge is 2.24. The molecule has 2 heterocycles. The molecule has 0 bridgehead atoms. The molecule has 0 aliphatic carbocycles. The van der Waals surface area contributed by atoms with Crippen LogP contribution >= 0.6 is 11.3 Å². The molecule has 1 fully saturated rings. The number of hydrogen-bond donors (Lipinski definition) is 1. The van der Waals surface area contributed by atoms with E-state index in [-0.39, 0.29) is 11.8 Å². The fourth-order valence-electron chi connectivity index (χ4n) is 2.30. The zero-order chi connectivity index (χ0) is 15.4. The van der Waals surface area contributed by atoms with Crippen LogP contribution in [0.4, 0.5) is 5.13 Å². The lowest BCUT2D eigenvalue weighted by Gasteiger charge is -2.06. The molecule has 1 N–H and O–H groups in total. The van der Waals surface area contributed by atoms with Crippen molar-refractivity contribution in [1.82, 2.24) is 4.98 Å². The second-order valence-electron chi connectivity index (χ2n) is 5.05. The van der Waals surface area contributed by atoms with Gasteiger partial charge in [0.25, 0.3) is 0 Å². The van der Waals surface area contributed by atoms with Crippen LogP contribution in [0.2, 0.25) is 0 Å². The smallest absolute Gasteiger partial charge is 0.231 e. The Labute approximate surface area is 133 Å². The van der Waals surface area contributed by atoms with Crippen LogP contribution in [0, 0.1) is 5.92 Å².